The van der Waals surface area contributed by atoms with Gasteiger partial charge in [0.05, 0.1) is 0 Å². The van der Waals surface area contributed by atoms with Crippen LogP contribution in [0.3, 0.4) is 0 Å². The molecule has 0 spiro atoms. The Bertz CT molecular complexity index is 604. The van der Waals surface area contributed by atoms with Gasteiger partial charge in [0.15, 0.2) is 0 Å². The third kappa shape index (κ3) is 3.81. The van der Waals surface area contributed by atoms with Crippen LogP contribution in [0.15, 0.2) is 70.9 Å². The predicted octanol–water partition coefficient (Wildman–Crippen LogP) is 3.11. The van der Waals surface area contributed by atoms with Crippen LogP contribution in [0.2, 0.25) is 0 Å². The number of hydrogen-bond acceptors (Lipinski definition) is 4. The molecule has 0 saturated heterocycles. The topological polar surface area (TPSA) is 65.2 Å². The number of rotatable bonds is 4. The Morgan fingerprint density at radius 3 is 1.45 bits per heavy atom. The molecule has 2 N–H and O–H groups in total. The van der Waals surface area contributed by atoms with Gasteiger partial charge in [0, 0.05) is 36.0 Å². The van der Waals surface area contributed by atoms with E-state index < -0.39 is 0 Å². The number of phenolic OH excluding ortho intramolecular Hbond substituents is 2. The number of para-hydroxylation sites is 2. The van der Waals surface area contributed by atoms with E-state index in [9.17, 15) is 10.2 Å². The van der Waals surface area contributed by atoms with E-state index in [-0.39, 0.29) is 11.5 Å². The van der Waals surface area contributed by atoms with Crippen LogP contribution < -0.4 is 0 Å². The van der Waals surface area contributed by atoms with Crippen molar-refractivity contribution in [3.63, 3.8) is 0 Å². The molecule has 0 aliphatic heterocycles. The van der Waals surface area contributed by atoms with Crippen LogP contribution in [0, 0.1) is 0 Å². The Morgan fingerprint density at radius 1 is 0.650 bits per heavy atom. The van der Waals surface area contributed by atoms with Crippen molar-refractivity contribution in [2.45, 2.75) is 0 Å². The molecule has 0 radical (unpaired) electrons. The van der Waals surface area contributed by atoms with Crippen molar-refractivity contribution in [1.82, 2.24) is 0 Å². The molecule has 100 valence electrons. The first kappa shape index (κ1) is 13.5. The average Bonchev–Trinajstić information content (AvgIpc) is 2.46. The lowest BCUT2D eigenvalue weighted by molar-refractivity contribution is 0.474. The van der Waals surface area contributed by atoms with Crippen molar-refractivity contribution < 1.29 is 10.2 Å². The molecule has 20 heavy (non-hydrogen) atoms. The molecule has 2 rings (SSSR count). The molecule has 0 amide bonds. The lowest BCUT2D eigenvalue weighted by Gasteiger charge is -1.95. The zero-order valence-corrected chi connectivity index (χ0v) is 10.7. The molecule has 0 aliphatic carbocycles. The first-order valence-electron chi connectivity index (χ1n) is 6.05. The highest BCUT2D eigenvalue weighted by molar-refractivity contribution is 5.84. The minimum Gasteiger partial charge on any atom is -0.507 e. The van der Waals surface area contributed by atoms with Crippen LogP contribution in [0.25, 0.3) is 0 Å². The summed E-state index contributed by atoms with van der Waals surface area (Å²) >= 11 is 0. The molecule has 0 aliphatic rings. The van der Waals surface area contributed by atoms with Gasteiger partial charge in [-0.05, 0) is 24.3 Å². The van der Waals surface area contributed by atoms with E-state index in [1.54, 1.807) is 48.8 Å². The van der Waals surface area contributed by atoms with Crippen LogP contribution >= 0.6 is 0 Å². The Balaban J connectivity index is 1.95. The van der Waals surface area contributed by atoms with Crippen molar-refractivity contribution >= 4 is 12.4 Å². The lowest BCUT2D eigenvalue weighted by atomic mass is 10.2. The first-order chi connectivity index (χ1) is 9.77. The van der Waals surface area contributed by atoms with Crippen molar-refractivity contribution in [2.24, 2.45) is 9.98 Å². The van der Waals surface area contributed by atoms with Gasteiger partial charge in [-0.3, -0.25) is 9.98 Å². The van der Waals surface area contributed by atoms with Gasteiger partial charge >= 0.3 is 0 Å². The maximum atomic E-state index is 9.52. The number of hydrogen-bond donors (Lipinski definition) is 2. The molecule has 0 bridgehead atoms. The molecule has 0 unspecified atom stereocenters. The monoisotopic (exact) mass is 266 g/mol. The van der Waals surface area contributed by atoms with E-state index >= 15 is 0 Å². The van der Waals surface area contributed by atoms with E-state index in [1.807, 2.05) is 12.1 Å². The first-order valence-corrected chi connectivity index (χ1v) is 6.05. The molecule has 0 atom stereocenters. The summed E-state index contributed by atoms with van der Waals surface area (Å²) < 4.78 is 0. The van der Waals surface area contributed by atoms with Gasteiger partial charge in [-0.2, -0.15) is 0 Å². The second kappa shape index (κ2) is 6.89. The molecule has 4 heteroatoms. The van der Waals surface area contributed by atoms with E-state index in [1.165, 1.54) is 12.4 Å². The SMILES string of the molecule is Oc1ccccc1C=N/C=C\N=Cc1ccccc1O. The molecule has 0 aromatic heterocycles. The number of aromatic hydroxyl groups is 2. The molecular formula is C16H14N2O2. The zero-order valence-electron chi connectivity index (χ0n) is 10.7. The van der Waals surface area contributed by atoms with Gasteiger partial charge in [0.2, 0.25) is 0 Å². The second-order valence-electron chi connectivity index (χ2n) is 3.97. The van der Waals surface area contributed by atoms with Gasteiger partial charge < -0.3 is 10.2 Å². The normalized spacial score (nSPS) is 11.8. The molecule has 2 aromatic rings. The number of aliphatic imine (C=N–C) groups is 2. The number of nitrogens with zero attached hydrogens (tertiary/aromatic N) is 2. The van der Waals surface area contributed by atoms with Crippen LogP contribution in [-0.4, -0.2) is 22.6 Å². The van der Waals surface area contributed by atoms with Gasteiger partial charge in [0.1, 0.15) is 11.5 Å². The fourth-order valence-corrected chi connectivity index (χ4v) is 1.52. The lowest BCUT2D eigenvalue weighted by Crippen LogP contribution is -1.80. The van der Waals surface area contributed by atoms with Crippen LogP contribution in [0.5, 0.6) is 11.5 Å². The molecule has 0 saturated carbocycles. The summed E-state index contributed by atoms with van der Waals surface area (Å²) in [6.07, 6.45) is 6.09. The average molecular weight is 266 g/mol. The maximum Gasteiger partial charge on any atom is 0.124 e. The third-order valence-corrected chi connectivity index (χ3v) is 2.54. The Labute approximate surface area is 117 Å². The summed E-state index contributed by atoms with van der Waals surface area (Å²) in [7, 11) is 0. The molecular weight excluding hydrogens is 252 g/mol. The zero-order chi connectivity index (χ0) is 14.2. The largest absolute Gasteiger partial charge is 0.507 e. The molecule has 0 heterocycles. The summed E-state index contributed by atoms with van der Waals surface area (Å²) in [5.74, 6) is 0.365. The summed E-state index contributed by atoms with van der Waals surface area (Å²) in [6.45, 7) is 0. The maximum absolute atomic E-state index is 9.52. The highest BCUT2D eigenvalue weighted by atomic mass is 16.3. The summed E-state index contributed by atoms with van der Waals surface area (Å²) in [5, 5.41) is 19.0. The van der Waals surface area contributed by atoms with E-state index in [0.29, 0.717) is 11.1 Å². The highest BCUT2D eigenvalue weighted by Crippen LogP contribution is 2.13. The smallest absolute Gasteiger partial charge is 0.124 e. The highest BCUT2D eigenvalue weighted by Gasteiger charge is 1.93. The second-order valence-corrected chi connectivity index (χ2v) is 3.97. The van der Waals surface area contributed by atoms with E-state index in [0.717, 1.165) is 0 Å². The van der Waals surface area contributed by atoms with Crippen molar-refractivity contribution in [3.05, 3.63) is 72.1 Å². The number of benzene rings is 2. The Kier molecular flexibility index (Phi) is 4.67. The molecule has 4 nitrogen and oxygen atoms in total. The molecule has 2 aromatic carbocycles. The minimum absolute atomic E-state index is 0.183. The Hall–Kier alpha value is -2.88. The van der Waals surface area contributed by atoms with Crippen molar-refractivity contribution in [1.29, 1.82) is 0 Å². The fraction of sp³-hybridized carbons (Fsp3) is 0. The molecule has 0 fully saturated rings. The third-order valence-electron chi connectivity index (χ3n) is 2.54. The standard InChI is InChI=1S/C16H14N2O2/c19-15-7-3-1-5-13(15)11-17-9-10-18-12-14-6-2-4-8-16(14)20/h1-12,19-20H/b10-9-,17-11?,18-12?. The van der Waals surface area contributed by atoms with Gasteiger partial charge in [-0.25, -0.2) is 0 Å². The summed E-state index contributed by atoms with van der Waals surface area (Å²) in [6, 6.07) is 13.9. The summed E-state index contributed by atoms with van der Waals surface area (Å²) in [4.78, 5) is 8.03. The Morgan fingerprint density at radius 2 is 1.05 bits per heavy atom. The van der Waals surface area contributed by atoms with Crippen LogP contribution in [0.1, 0.15) is 11.1 Å². The van der Waals surface area contributed by atoms with Crippen LogP contribution in [-0.2, 0) is 0 Å². The van der Waals surface area contributed by atoms with Gasteiger partial charge in [0.25, 0.3) is 0 Å². The predicted molar refractivity (Wildman–Crippen MR) is 80.5 cm³/mol. The minimum atomic E-state index is 0.183. The quantitative estimate of drug-likeness (QED) is 0.835. The van der Waals surface area contributed by atoms with E-state index in [4.69, 9.17) is 0 Å². The van der Waals surface area contributed by atoms with Gasteiger partial charge in [-0.15, -0.1) is 0 Å². The van der Waals surface area contributed by atoms with E-state index in [2.05, 4.69) is 9.98 Å². The van der Waals surface area contributed by atoms with Gasteiger partial charge in [-0.1, -0.05) is 24.3 Å². The number of phenols is 2. The summed E-state index contributed by atoms with van der Waals surface area (Å²) in [5.41, 5.74) is 1.28. The van der Waals surface area contributed by atoms with Crippen molar-refractivity contribution in [3.8, 4) is 11.5 Å². The fourth-order valence-electron chi connectivity index (χ4n) is 1.52. The van der Waals surface area contributed by atoms with Crippen molar-refractivity contribution in [2.75, 3.05) is 0 Å². The van der Waals surface area contributed by atoms with Crippen LogP contribution in [0.4, 0.5) is 0 Å².